The fourth-order valence-corrected chi connectivity index (χ4v) is 5.33. The highest BCUT2D eigenvalue weighted by Gasteiger charge is 2.62. The molecule has 1 aromatic carbocycles. The fourth-order valence-electron chi connectivity index (χ4n) is 5.33. The van der Waals surface area contributed by atoms with Crippen LogP contribution in [0.25, 0.3) is 0 Å². The number of rotatable bonds is 1. The third-order valence-corrected chi connectivity index (χ3v) is 6.46. The third kappa shape index (κ3) is 1.62. The van der Waals surface area contributed by atoms with E-state index >= 15 is 0 Å². The number of piperidine rings is 1. The molecule has 21 heavy (non-hydrogen) atoms. The van der Waals surface area contributed by atoms with Crippen molar-refractivity contribution in [2.75, 3.05) is 20.7 Å². The van der Waals surface area contributed by atoms with Crippen LogP contribution < -0.4 is 4.74 Å². The summed E-state index contributed by atoms with van der Waals surface area (Å²) in [6.07, 6.45) is 6.48. The van der Waals surface area contributed by atoms with Gasteiger partial charge < -0.3 is 14.7 Å². The van der Waals surface area contributed by atoms with Crippen LogP contribution in [0.5, 0.6) is 5.75 Å². The van der Waals surface area contributed by atoms with Gasteiger partial charge in [0.05, 0.1) is 12.7 Å². The van der Waals surface area contributed by atoms with Gasteiger partial charge in [0, 0.05) is 11.5 Å². The number of aliphatic hydroxyl groups is 1. The Labute approximate surface area is 126 Å². The molecule has 4 rings (SSSR count). The first-order valence-corrected chi connectivity index (χ1v) is 8.21. The van der Waals surface area contributed by atoms with Gasteiger partial charge in [0.2, 0.25) is 0 Å². The number of nitrogens with zero attached hydrogens (tertiary/aromatic N) is 1. The highest BCUT2D eigenvalue weighted by atomic mass is 16.5. The van der Waals surface area contributed by atoms with Crippen LogP contribution in [-0.2, 0) is 11.8 Å². The van der Waals surface area contributed by atoms with Gasteiger partial charge in [-0.25, -0.2) is 0 Å². The molecule has 3 unspecified atom stereocenters. The predicted molar refractivity (Wildman–Crippen MR) is 82.8 cm³/mol. The van der Waals surface area contributed by atoms with E-state index in [1.165, 1.54) is 17.5 Å². The van der Waals surface area contributed by atoms with Crippen molar-refractivity contribution in [1.29, 1.82) is 0 Å². The average Bonchev–Trinajstić information content (AvgIpc) is 2.50. The Kier molecular flexibility index (Phi) is 2.89. The first-order valence-electron chi connectivity index (χ1n) is 8.21. The molecule has 2 aliphatic carbocycles. The van der Waals surface area contributed by atoms with Crippen molar-refractivity contribution in [2.45, 2.75) is 55.6 Å². The van der Waals surface area contributed by atoms with Gasteiger partial charge in [-0.3, -0.25) is 0 Å². The van der Waals surface area contributed by atoms with Gasteiger partial charge in [0.15, 0.2) is 0 Å². The fraction of sp³-hybridized carbons (Fsp3) is 0.667. The number of likely N-dealkylation sites (N-methyl/N-ethyl adjacent to an activating group) is 1. The summed E-state index contributed by atoms with van der Waals surface area (Å²) in [6, 6.07) is 6.76. The molecular formula is C18H25NO2. The van der Waals surface area contributed by atoms with E-state index in [1.807, 2.05) is 0 Å². The second-order valence-corrected chi connectivity index (χ2v) is 7.19. The Morgan fingerprint density at radius 2 is 2.05 bits per heavy atom. The number of benzene rings is 1. The third-order valence-electron chi connectivity index (χ3n) is 6.46. The van der Waals surface area contributed by atoms with Gasteiger partial charge in [-0.1, -0.05) is 18.9 Å². The number of fused-ring (bicyclic) bond motifs is 1. The first-order chi connectivity index (χ1) is 10.1. The van der Waals surface area contributed by atoms with Gasteiger partial charge >= 0.3 is 0 Å². The molecule has 3 atom stereocenters. The van der Waals surface area contributed by atoms with Crippen molar-refractivity contribution < 1.29 is 9.84 Å². The average molecular weight is 287 g/mol. The van der Waals surface area contributed by atoms with Gasteiger partial charge in [0.25, 0.3) is 0 Å². The summed E-state index contributed by atoms with van der Waals surface area (Å²) in [5, 5.41) is 11.7. The molecule has 1 heterocycles. The van der Waals surface area contributed by atoms with Crippen molar-refractivity contribution in [2.24, 2.45) is 0 Å². The molecule has 1 saturated heterocycles. The molecule has 1 aromatic rings. The number of hydrogen-bond donors (Lipinski definition) is 1. The zero-order valence-electron chi connectivity index (χ0n) is 13.1. The van der Waals surface area contributed by atoms with Gasteiger partial charge in [-0.2, -0.15) is 0 Å². The van der Waals surface area contributed by atoms with Crippen LogP contribution in [-0.4, -0.2) is 42.4 Å². The van der Waals surface area contributed by atoms with Crippen molar-refractivity contribution in [3.05, 3.63) is 29.3 Å². The summed E-state index contributed by atoms with van der Waals surface area (Å²) in [4.78, 5) is 2.39. The molecular weight excluding hydrogens is 262 g/mol. The molecule has 1 saturated carbocycles. The predicted octanol–water partition coefficient (Wildman–Crippen LogP) is 2.50. The van der Waals surface area contributed by atoms with Crippen LogP contribution in [0.2, 0.25) is 0 Å². The Bertz CT molecular complexity index is 572. The molecule has 1 N–H and O–H groups in total. The zero-order valence-corrected chi connectivity index (χ0v) is 13.1. The van der Waals surface area contributed by atoms with E-state index in [-0.39, 0.29) is 11.5 Å². The Morgan fingerprint density at radius 3 is 2.86 bits per heavy atom. The van der Waals surface area contributed by atoms with Crippen LogP contribution in [0.15, 0.2) is 18.2 Å². The first kappa shape index (κ1) is 13.6. The van der Waals surface area contributed by atoms with E-state index in [4.69, 9.17) is 4.74 Å². The highest BCUT2D eigenvalue weighted by Crippen LogP contribution is 2.58. The van der Waals surface area contributed by atoms with E-state index in [1.54, 1.807) is 7.11 Å². The number of likely N-dealkylation sites (tertiary alicyclic amines) is 1. The number of methoxy groups -OCH3 is 1. The largest absolute Gasteiger partial charge is 0.497 e. The molecule has 1 aliphatic heterocycles. The Morgan fingerprint density at radius 1 is 1.24 bits per heavy atom. The topological polar surface area (TPSA) is 32.7 Å². The van der Waals surface area contributed by atoms with Gasteiger partial charge in [-0.05, 0) is 62.5 Å². The number of ether oxygens (including phenoxy) is 1. The molecule has 2 fully saturated rings. The normalized spacial score (nSPS) is 38.5. The quantitative estimate of drug-likeness (QED) is 0.861. The SMILES string of the molecule is COc1ccc2c(c1)C13CCCCC1(O)C(C2)N(C)CC3. The lowest BCUT2D eigenvalue weighted by molar-refractivity contribution is -0.160. The molecule has 3 nitrogen and oxygen atoms in total. The van der Waals surface area contributed by atoms with Crippen molar-refractivity contribution in [3.8, 4) is 5.75 Å². The molecule has 3 heteroatoms. The van der Waals surface area contributed by atoms with Crippen LogP contribution in [0.1, 0.15) is 43.2 Å². The summed E-state index contributed by atoms with van der Waals surface area (Å²) >= 11 is 0. The second kappa shape index (κ2) is 4.47. The summed E-state index contributed by atoms with van der Waals surface area (Å²) in [5.41, 5.74) is 2.18. The Balaban J connectivity index is 1.94. The lowest BCUT2D eigenvalue weighted by Crippen LogP contribution is -2.71. The standard InChI is InChI=1S/C18H25NO2/c1-19-10-9-17-7-3-4-8-18(17,20)16(19)11-13-5-6-14(21-2)12-15(13)17/h5-6,12,16,20H,3-4,7-11H2,1-2H3. The van der Waals surface area contributed by atoms with Crippen molar-refractivity contribution in [1.82, 2.24) is 4.90 Å². The summed E-state index contributed by atoms with van der Waals surface area (Å²) in [5.74, 6) is 0.924. The minimum Gasteiger partial charge on any atom is -0.497 e. The molecule has 0 radical (unpaired) electrons. The molecule has 114 valence electrons. The summed E-state index contributed by atoms with van der Waals surface area (Å²) in [6.45, 7) is 1.09. The van der Waals surface area contributed by atoms with Crippen molar-refractivity contribution >= 4 is 0 Å². The molecule has 0 spiro atoms. The van der Waals surface area contributed by atoms with E-state index in [2.05, 4.69) is 30.1 Å². The number of hydrogen-bond acceptors (Lipinski definition) is 3. The minimum atomic E-state index is -0.558. The Hall–Kier alpha value is -1.06. The minimum absolute atomic E-state index is 0.0510. The molecule has 0 aromatic heterocycles. The van der Waals surface area contributed by atoms with Gasteiger partial charge in [0.1, 0.15) is 5.75 Å². The van der Waals surface area contributed by atoms with E-state index < -0.39 is 5.60 Å². The molecule has 0 amide bonds. The van der Waals surface area contributed by atoms with Gasteiger partial charge in [-0.15, -0.1) is 0 Å². The monoisotopic (exact) mass is 287 g/mol. The van der Waals surface area contributed by atoms with E-state index in [0.29, 0.717) is 0 Å². The summed E-state index contributed by atoms with van der Waals surface area (Å²) in [7, 11) is 3.91. The van der Waals surface area contributed by atoms with E-state index in [0.717, 1.165) is 44.4 Å². The van der Waals surface area contributed by atoms with E-state index in [9.17, 15) is 5.11 Å². The van der Waals surface area contributed by atoms with Crippen LogP contribution in [0.3, 0.4) is 0 Å². The van der Waals surface area contributed by atoms with Crippen LogP contribution in [0.4, 0.5) is 0 Å². The van der Waals surface area contributed by atoms with Crippen LogP contribution in [0, 0.1) is 0 Å². The van der Waals surface area contributed by atoms with Crippen molar-refractivity contribution in [3.63, 3.8) is 0 Å². The highest BCUT2D eigenvalue weighted by molar-refractivity contribution is 5.48. The maximum absolute atomic E-state index is 11.7. The molecule has 3 aliphatic rings. The van der Waals surface area contributed by atoms with Crippen LogP contribution >= 0.6 is 0 Å². The zero-order chi connectivity index (χ0) is 14.7. The second-order valence-electron chi connectivity index (χ2n) is 7.19. The summed E-state index contributed by atoms with van der Waals surface area (Å²) < 4.78 is 5.46. The smallest absolute Gasteiger partial charge is 0.119 e. The maximum atomic E-state index is 11.7. The lowest BCUT2D eigenvalue weighted by Gasteiger charge is -2.63. The molecule has 2 bridgehead atoms. The lowest BCUT2D eigenvalue weighted by atomic mass is 9.49. The maximum Gasteiger partial charge on any atom is 0.119 e.